The molecule has 0 N–H and O–H groups in total. The highest BCUT2D eigenvalue weighted by atomic mass is 16.5. The number of anilines is 1. The molecule has 4 heterocycles. The van der Waals surface area contributed by atoms with Gasteiger partial charge in [0.15, 0.2) is 0 Å². The van der Waals surface area contributed by atoms with Crippen LogP contribution in [0.15, 0.2) is 48.8 Å². The van der Waals surface area contributed by atoms with Crippen LogP contribution >= 0.6 is 0 Å². The molecule has 1 spiro atoms. The Hall–Kier alpha value is -2.07. The Balaban J connectivity index is 1.34. The Kier molecular flexibility index (Phi) is 3.27. The summed E-state index contributed by atoms with van der Waals surface area (Å²) in [4.78, 5) is 9.65. The van der Waals surface area contributed by atoms with Gasteiger partial charge in [0.1, 0.15) is 11.5 Å². The summed E-state index contributed by atoms with van der Waals surface area (Å²) < 4.78 is 5.95. The lowest BCUT2D eigenvalue weighted by atomic mass is 9.87. The smallest absolute Gasteiger partial charge is 0.147 e. The molecule has 24 heavy (non-hydrogen) atoms. The molecule has 2 bridgehead atoms. The van der Waals surface area contributed by atoms with E-state index in [4.69, 9.17) is 4.74 Å². The Bertz CT molecular complexity index is 735. The first-order chi connectivity index (χ1) is 11.8. The number of rotatable bonds is 3. The van der Waals surface area contributed by atoms with Crippen molar-refractivity contribution < 1.29 is 4.74 Å². The third-order valence-corrected chi connectivity index (χ3v) is 6.00. The quantitative estimate of drug-likeness (QED) is 0.864. The maximum absolute atomic E-state index is 5.95. The van der Waals surface area contributed by atoms with Crippen LogP contribution in [0.1, 0.15) is 19.3 Å². The van der Waals surface area contributed by atoms with E-state index in [1.165, 1.54) is 38.0 Å². The molecule has 3 atom stereocenters. The Morgan fingerprint density at radius 3 is 2.79 bits per heavy atom. The van der Waals surface area contributed by atoms with Crippen molar-refractivity contribution in [2.75, 3.05) is 31.1 Å². The first kappa shape index (κ1) is 14.3. The normalized spacial score (nSPS) is 31.1. The van der Waals surface area contributed by atoms with Crippen LogP contribution in [0.2, 0.25) is 0 Å². The molecule has 4 heteroatoms. The van der Waals surface area contributed by atoms with Gasteiger partial charge in [-0.1, -0.05) is 18.2 Å². The van der Waals surface area contributed by atoms with Crippen molar-refractivity contribution in [1.29, 1.82) is 0 Å². The monoisotopic (exact) mass is 321 g/mol. The molecule has 124 valence electrons. The van der Waals surface area contributed by atoms with Crippen molar-refractivity contribution in [2.24, 2.45) is 5.92 Å². The number of para-hydroxylation sites is 1. The van der Waals surface area contributed by atoms with Crippen LogP contribution in [0, 0.1) is 5.92 Å². The van der Waals surface area contributed by atoms with Gasteiger partial charge in [0.25, 0.3) is 0 Å². The molecule has 1 unspecified atom stereocenters. The van der Waals surface area contributed by atoms with E-state index in [0.29, 0.717) is 5.54 Å². The minimum Gasteiger partial charge on any atom is -0.456 e. The molecule has 3 fully saturated rings. The van der Waals surface area contributed by atoms with Gasteiger partial charge in [0.2, 0.25) is 0 Å². The molecule has 3 aliphatic heterocycles. The number of hydrogen-bond donors (Lipinski definition) is 0. The summed E-state index contributed by atoms with van der Waals surface area (Å²) in [7, 11) is 0. The van der Waals surface area contributed by atoms with Gasteiger partial charge < -0.3 is 9.64 Å². The highest BCUT2D eigenvalue weighted by Crippen LogP contribution is 2.46. The van der Waals surface area contributed by atoms with Crippen molar-refractivity contribution in [1.82, 2.24) is 9.88 Å². The van der Waals surface area contributed by atoms with Crippen LogP contribution < -0.4 is 9.64 Å². The van der Waals surface area contributed by atoms with Crippen molar-refractivity contribution in [3.63, 3.8) is 0 Å². The highest BCUT2D eigenvalue weighted by molar-refractivity contribution is 5.51. The van der Waals surface area contributed by atoms with E-state index in [9.17, 15) is 0 Å². The Morgan fingerprint density at radius 1 is 1.08 bits per heavy atom. The topological polar surface area (TPSA) is 28.6 Å². The molecule has 1 aromatic heterocycles. The molecular formula is C20H23N3O. The van der Waals surface area contributed by atoms with Gasteiger partial charge in [-0.15, -0.1) is 0 Å². The summed E-state index contributed by atoms with van der Waals surface area (Å²) in [6, 6.07) is 12.0. The minimum absolute atomic E-state index is 0.430. The summed E-state index contributed by atoms with van der Waals surface area (Å²) in [5.41, 5.74) is 1.61. The molecule has 3 aliphatic rings. The molecule has 0 radical (unpaired) electrons. The van der Waals surface area contributed by atoms with E-state index in [2.05, 4.69) is 20.9 Å². The third-order valence-electron chi connectivity index (χ3n) is 6.00. The maximum atomic E-state index is 5.95. The minimum atomic E-state index is 0.430. The second kappa shape index (κ2) is 5.49. The zero-order valence-corrected chi connectivity index (χ0v) is 13.9. The van der Waals surface area contributed by atoms with Crippen LogP contribution in [-0.2, 0) is 0 Å². The average molecular weight is 321 g/mol. The maximum Gasteiger partial charge on any atom is 0.147 e. The molecule has 0 saturated carbocycles. The fourth-order valence-corrected chi connectivity index (χ4v) is 4.86. The van der Waals surface area contributed by atoms with Gasteiger partial charge in [-0.25, -0.2) is 0 Å². The lowest BCUT2D eigenvalue weighted by Crippen LogP contribution is -2.46. The number of nitrogens with zero attached hydrogens (tertiary/aromatic N) is 3. The first-order valence-electron chi connectivity index (χ1n) is 8.99. The van der Waals surface area contributed by atoms with Gasteiger partial charge in [-0.3, -0.25) is 9.88 Å². The molecular weight excluding hydrogens is 298 g/mol. The zero-order chi connectivity index (χ0) is 16.0. The standard InChI is InChI=1S/C20H23N3O/c1-2-4-18(5-3-1)24-19-10-17(12-21-13-19)22-9-7-20(15-22)11-16-6-8-23(20)14-16/h1-5,10,12-13,16H,6-9,11,14-15H2/t16-,20+/m1/s1. The molecule has 1 aromatic carbocycles. The van der Waals surface area contributed by atoms with Crippen molar-refractivity contribution >= 4 is 5.69 Å². The van der Waals surface area contributed by atoms with Crippen molar-refractivity contribution in [3.05, 3.63) is 48.8 Å². The summed E-state index contributed by atoms with van der Waals surface area (Å²) >= 11 is 0. The summed E-state index contributed by atoms with van der Waals surface area (Å²) in [6.45, 7) is 4.89. The second-order valence-electron chi connectivity index (χ2n) is 7.49. The van der Waals surface area contributed by atoms with Crippen LogP contribution in [0.3, 0.4) is 0 Å². The number of benzene rings is 1. The zero-order valence-electron chi connectivity index (χ0n) is 13.9. The molecule has 3 saturated heterocycles. The number of hydrogen-bond acceptors (Lipinski definition) is 4. The van der Waals surface area contributed by atoms with E-state index in [1.54, 1.807) is 6.20 Å². The highest BCUT2D eigenvalue weighted by Gasteiger charge is 2.52. The van der Waals surface area contributed by atoms with Gasteiger partial charge in [-0.2, -0.15) is 0 Å². The van der Waals surface area contributed by atoms with Crippen molar-refractivity contribution in [2.45, 2.75) is 24.8 Å². The van der Waals surface area contributed by atoms with Gasteiger partial charge in [0, 0.05) is 31.2 Å². The molecule has 0 amide bonds. The fraction of sp³-hybridized carbons (Fsp3) is 0.450. The van der Waals surface area contributed by atoms with E-state index in [0.717, 1.165) is 30.5 Å². The second-order valence-corrected chi connectivity index (χ2v) is 7.49. The first-order valence-corrected chi connectivity index (χ1v) is 8.99. The third kappa shape index (κ3) is 2.37. The van der Waals surface area contributed by atoms with Gasteiger partial charge >= 0.3 is 0 Å². The van der Waals surface area contributed by atoms with E-state index < -0.39 is 0 Å². The summed E-state index contributed by atoms with van der Waals surface area (Å²) in [5, 5.41) is 0. The molecule has 4 nitrogen and oxygen atoms in total. The van der Waals surface area contributed by atoms with Crippen LogP contribution in [0.5, 0.6) is 11.5 Å². The largest absolute Gasteiger partial charge is 0.456 e. The Morgan fingerprint density at radius 2 is 2.00 bits per heavy atom. The van der Waals surface area contributed by atoms with Crippen LogP contribution in [-0.4, -0.2) is 41.6 Å². The lowest BCUT2D eigenvalue weighted by Gasteiger charge is -2.36. The lowest BCUT2D eigenvalue weighted by molar-refractivity contribution is 0.155. The predicted octanol–water partition coefficient (Wildman–Crippen LogP) is 3.55. The van der Waals surface area contributed by atoms with Gasteiger partial charge in [-0.05, 0) is 43.9 Å². The SMILES string of the molecule is c1ccc(Oc2cncc(N3CC[C@]4(C[C@H]5CCN4C5)C3)c2)cc1. The van der Waals surface area contributed by atoms with E-state index in [1.807, 2.05) is 36.5 Å². The number of ether oxygens (including phenoxy) is 1. The predicted molar refractivity (Wildman–Crippen MR) is 94.6 cm³/mol. The average Bonchev–Trinajstić information content (AvgIpc) is 3.32. The fourth-order valence-electron chi connectivity index (χ4n) is 4.86. The van der Waals surface area contributed by atoms with Crippen molar-refractivity contribution in [3.8, 4) is 11.5 Å². The summed E-state index contributed by atoms with van der Waals surface area (Å²) in [5.74, 6) is 2.61. The number of fused-ring (bicyclic) bond motifs is 3. The van der Waals surface area contributed by atoms with Crippen LogP contribution in [0.4, 0.5) is 5.69 Å². The van der Waals surface area contributed by atoms with Crippen LogP contribution in [0.25, 0.3) is 0 Å². The number of aromatic nitrogens is 1. The number of piperidine rings is 1. The molecule has 5 rings (SSSR count). The van der Waals surface area contributed by atoms with E-state index >= 15 is 0 Å². The van der Waals surface area contributed by atoms with E-state index in [-0.39, 0.29) is 0 Å². The molecule has 0 aliphatic carbocycles. The molecule has 2 aromatic rings. The van der Waals surface area contributed by atoms with Gasteiger partial charge in [0.05, 0.1) is 18.1 Å². The summed E-state index contributed by atoms with van der Waals surface area (Å²) in [6.07, 6.45) is 7.84. The number of pyridine rings is 1. The Labute approximate surface area is 143 Å².